The lowest BCUT2D eigenvalue weighted by Crippen LogP contribution is -2.30. The van der Waals surface area contributed by atoms with Crippen LogP contribution in [-0.4, -0.2) is 42.7 Å². The number of pyridine rings is 1. The third-order valence-corrected chi connectivity index (χ3v) is 6.69. The molecule has 3 N–H and O–H groups in total. The number of anilines is 2. The minimum Gasteiger partial charge on any atom is -0.497 e. The van der Waals surface area contributed by atoms with Gasteiger partial charge in [0.2, 0.25) is 5.91 Å². The van der Waals surface area contributed by atoms with Crippen molar-refractivity contribution >= 4 is 46.9 Å². The van der Waals surface area contributed by atoms with Crippen molar-refractivity contribution < 1.29 is 23.9 Å². The molecule has 0 spiro atoms. The molecule has 0 aliphatic carbocycles. The standard InChI is InChI=1S/C31H28N4O5S/c1-39-25-11-12-28(40-2)22(17-25)18-27(35-30(37)21-7-4-3-5-8-21)31(38)34-24-9-6-10-26(19-24)41-20-29(36)33-23-13-15-32-16-14-23/h3-19H,20H2,1-2H3,(H,34,38)(H,35,37)(H,32,33,36)/b27-18+. The minimum atomic E-state index is -0.545. The van der Waals surface area contributed by atoms with Crippen LogP contribution in [0.1, 0.15) is 15.9 Å². The van der Waals surface area contributed by atoms with Crippen molar-refractivity contribution in [1.29, 1.82) is 0 Å². The van der Waals surface area contributed by atoms with Crippen LogP contribution >= 0.6 is 11.8 Å². The summed E-state index contributed by atoms with van der Waals surface area (Å²) >= 11 is 1.32. The summed E-state index contributed by atoms with van der Waals surface area (Å²) in [5, 5.41) is 8.37. The maximum absolute atomic E-state index is 13.5. The number of aromatic nitrogens is 1. The van der Waals surface area contributed by atoms with E-state index in [0.29, 0.717) is 34.0 Å². The predicted molar refractivity (Wildman–Crippen MR) is 160 cm³/mol. The molecule has 9 nitrogen and oxygen atoms in total. The van der Waals surface area contributed by atoms with Crippen LogP contribution < -0.4 is 25.4 Å². The highest BCUT2D eigenvalue weighted by atomic mass is 32.2. The molecule has 0 saturated heterocycles. The molecule has 3 amide bonds. The van der Waals surface area contributed by atoms with Gasteiger partial charge in [0.1, 0.15) is 17.2 Å². The number of rotatable bonds is 11. The fraction of sp³-hybridized carbons (Fsp3) is 0.0968. The Bertz CT molecular complexity index is 1540. The molecule has 0 fully saturated rings. The van der Waals surface area contributed by atoms with E-state index in [1.165, 1.54) is 32.1 Å². The monoisotopic (exact) mass is 568 g/mol. The summed E-state index contributed by atoms with van der Waals surface area (Å²) in [7, 11) is 3.05. The number of methoxy groups -OCH3 is 2. The Kier molecular flexibility index (Phi) is 10.1. The number of carbonyl (C=O) groups excluding carboxylic acids is 3. The highest BCUT2D eigenvalue weighted by molar-refractivity contribution is 8.00. The molecule has 4 rings (SSSR count). The topological polar surface area (TPSA) is 119 Å². The van der Waals surface area contributed by atoms with Crippen molar-refractivity contribution in [3.05, 3.63) is 114 Å². The normalized spacial score (nSPS) is 10.8. The maximum Gasteiger partial charge on any atom is 0.272 e. The summed E-state index contributed by atoms with van der Waals surface area (Å²) in [5.41, 5.74) is 2.09. The molecule has 3 aromatic carbocycles. The molecule has 0 bridgehead atoms. The lowest BCUT2D eigenvalue weighted by molar-refractivity contribution is -0.114. The summed E-state index contributed by atoms with van der Waals surface area (Å²) in [6.07, 6.45) is 4.73. The zero-order chi connectivity index (χ0) is 29.0. The van der Waals surface area contributed by atoms with Gasteiger partial charge in [0.25, 0.3) is 11.8 Å². The van der Waals surface area contributed by atoms with Gasteiger partial charge in [-0.05, 0) is 66.7 Å². The van der Waals surface area contributed by atoms with E-state index >= 15 is 0 Å². The molecule has 0 aliphatic rings. The molecule has 0 atom stereocenters. The fourth-order valence-electron chi connectivity index (χ4n) is 3.69. The number of nitrogens with zero attached hydrogens (tertiary/aromatic N) is 1. The third-order valence-electron chi connectivity index (χ3n) is 5.69. The van der Waals surface area contributed by atoms with Gasteiger partial charge in [0.05, 0.1) is 20.0 Å². The first-order valence-electron chi connectivity index (χ1n) is 12.5. The average molecular weight is 569 g/mol. The van der Waals surface area contributed by atoms with Gasteiger partial charge >= 0.3 is 0 Å². The van der Waals surface area contributed by atoms with E-state index in [1.807, 2.05) is 6.07 Å². The Morgan fingerprint density at radius 1 is 0.829 bits per heavy atom. The number of carbonyl (C=O) groups is 3. The van der Waals surface area contributed by atoms with Gasteiger partial charge in [0, 0.05) is 39.8 Å². The number of ether oxygens (including phenoxy) is 2. The fourth-order valence-corrected chi connectivity index (χ4v) is 4.45. The van der Waals surface area contributed by atoms with E-state index in [0.717, 1.165) is 4.90 Å². The molecule has 0 unspecified atom stereocenters. The minimum absolute atomic E-state index is 0.000177. The molecule has 41 heavy (non-hydrogen) atoms. The summed E-state index contributed by atoms with van der Waals surface area (Å²) in [6, 6.07) is 24.3. The largest absolute Gasteiger partial charge is 0.497 e. The predicted octanol–water partition coefficient (Wildman–Crippen LogP) is 5.24. The molecule has 10 heteroatoms. The van der Waals surface area contributed by atoms with E-state index in [4.69, 9.17) is 9.47 Å². The number of thioether (sulfide) groups is 1. The van der Waals surface area contributed by atoms with Crippen molar-refractivity contribution in [2.24, 2.45) is 0 Å². The van der Waals surface area contributed by atoms with Crippen LogP contribution in [-0.2, 0) is 9.59 Å². The van der Waals surface area contributed by atoms with E-state index in [9.17, 15) is 14.4 Å². The highest BCUT2D eigenvalue weighted by Crippen LogP contribution is 2.27. The molecule has 0 saturated carbocycles. The molecule has 0 radical (unpaired) electrons. The average Bonchev–Trinajstić information content (AvgIpc) is 3.00. The third kappa shape index (κ3) is 8.45. The van der Waals surface area contributed by atoms with Gasteiger partial charge < -0.3 is 25.4 Å². The smallest absolute Gasteiger partial charge is 0.272 e. The number of hydrogen-bond donors (Lipinski definition) is 3. The van der Waals surface area contributed by atoms with Crippen molar-refractivity contribution in [3.8, 4) is 11.5 Å². The Labute approximate surface area is 242 Å². The molecule has 0 aliphatic heterocycles. The van der Waals surface area contributed by atoms with Crippen molar-refractivity contribution in [3.63, 3.8) is 0 Å². The molecular formula is C31H28N4O5S. The number of benzene rings is 3. The van der Waals surface area contributed by atoms with Crippen LogP contribution in [0.3, 0.4) is 0 Å². The van der Waals surface area contributed by atoms with Crippen molar-refractivity contribution in [1.82, 2.24) is 10.3 Å². The van der Waals surface area contributed by atoms with E-state index in [-0.39, 0.29) is 17.4 Å². The van der Waals surface area contributed by atoms with Crippen LogP contribution in [0.5, 0.6) is 11.5 Å². The van der Waals surface area contributed by atoms with Crippen molar-refractivity contribution in [2.45, 2.75) is 4.90 Å². The van der Waals surface area contributed by atoms with Crippen LogP contribution in [0, 0.1) is 0 Å². The van der Waals surface area contributed by atoms with Crippen LogP contribution in [0.15, 0.2) is 108 Å². The van der Waals surface area contributed by atoms with Crippen molar-refractivity contribution in [2.75, 3.05) is 30.6 Å². The first kappa shape index (κ1) is 28.9. The van der Waals surface area contributed by atoms with E-state index in [1.54, 1.807) is 91.3 Å². The molecule has 1 heterocycles. The Balaban J connectivity index is 1.52. The Morgan fingerprint density at radius 3 is 2.34 bits per heavy atom. The van der Waals surface area contributed by atoms with E-state index < -0.39 is 11.8 Å². The van der Waals surface area contributed by atoms with Gasteiger partial charge in [0.15, 0.2) is 0 Å². The molecule has 1 aromatic heterocycles. The van der Waals surface area contributed by atoms with Gasteiger partial charge in [-0.2, -0.15) is 0 Å². The lowest BCUT2D eigenvalue weighted by Gasteiger charge is -2.13. The van der Waals surface area contributed by atoms with Crippen LogP contribution in [0.25, 0.3) is 6.08 Å². The second-order valence-corrected chi connectivity index (χ2v) is 9.59. The SMILES string of the molecule is COc1ccc(OC)c(/C=C(/NC(=O)c2ccccc2)C(=O)Nc2cccc(SCC(=O)Nc3ccncc3)c2)c1. The summed E-state index contributed by atoms with van der Waals surface area (Å²) < 4.78 is 10.8. The second-order valence-electron chi connectivity index (χ2n) is 8.54. The zero-order valence-electron chi connectivity index (χ0n) is 22.4. The summed E-state index contributed by atoms with van der Waals surface area (Å²) in [6.45, 7) is 0. The number of amides is 3. The first-order valence-corrected chi connectivity index (χ1v) is 13.5. The van der Waals surface area contributed by atoms with Gasteiger partial charge in [-0.25, -0.2) is 0 Å². The Morgan fingerprint density at radius 2 is 1.61 bits per heavy atom. The number of hydrogen-bond acceptors (Lipinski definition) is 7. The Hall–Kier alpha value is -5.09. The van der Waals surface area contributed by atoms with Gasteiger partial charge in [-0.3, -0.25) is 19.4 Å². The summed E-state index contributed by atoms with van der Waals surface area (Å²) in [4.78, 5) is 43.5. The van der Waals surface area contributed by atoms with Crippen LogP contribution in [0.2, 0.25) is 0 Å². The molecule has 208 valence electrons. The van der Waals surface area contributed by atoms with E-state index in [2.05, 4.69) is 20.9 Å². The van der Waals surface area contributed by atoms with Gasteiger partial charge in [-0.15, -0.1) is 11.8 Å². The quantitative estimate of drug-likeness (QED) is 0.167. The highest BCUT2D eigenvalue weighted by Gasteiger charge is 2.17. The molecule has 4 aromatic rings. The van der Waals surface area contributed by atoms with Gasteiger partial charge in [-0.1, -0.05) is 24.3 Å². The second kappa shape index (κ2) is 14.3. The first-order chi connectivity index (χ1) is 19.9. The number of nitrogens with one attached hydrogen (secondary N) is 3. The maximum atomic E-state index is 13.5. The summed E-state index contributed by atoms with van der Waals surface area (Å²) in [5.74, 6) is 0.0670. The molecular weight excluding hydrogens is 540 g/mol. The van der Waals surface area contributed by atoms with Crippen LogP contribution in [0.4, 0.5) is 11.4 Å². The lowest BCUT2D eigenvalue weighted by atomic mass is 10.1. The zero-order valence-corrected chi connectivity index (χ0v) is 23.2.